The van der Waals surface area contributed by atoms with Crippen molar-refractivity contribution in [1.82, 2.24) is 10.6 Å². The number of para-hydroxylation sites is 4. The number of rotatable bonds is 4. The summed E-state index contributed by atoms with van der Waals surface area (Å²) in [5.74, 6) is 2.72. The van der Waals surface area contributed by atoms with E-state index in [2.05, 4.69) is 10.6 Å². The second kappa shape index (κ2) is 14.6. The van der Waals surface area contributed by atoms with Gasteiger partial charge in [0.1, 0.15) is 0 Å². The Morgan fingerprint density at radius 3 is 1.17 bits per heavy atom. The molecule has 0 aliphatic carbocycles. The van der Waals surface area contributed by atoms with Gasteiger partial charge in [0.15, 0.2) is 23.0 Å². The predicted molar refractivity (Wildman–Crippen MR) is 113 cm³/mol. The third-order valence-electron chi connectivity index (χ3n) is 4.05. The Kier molecular flexibility index (Phi) is 11.6. The zero-order valence-corrected chi connectivity index (χ0v) is 17.3. The monoisotopic (exact) mass is 404 g/mol. The molecule has 4 rings (SSSR count). The summed E-state index contributed by atoms with van der Waals surface area (Å²) >= 11 is 0. The summed E-state index contributed by atoms with van der Waals surface area (Å²) < 4.78 is 26.2. The van der Waals surface area contributed by atoms with Crippen LogP contribution in [0.1, 0.15) is 0 Å². The molecule has 0 atom stereocenters. The van der Waals surface area contributed by atoms with Gasteiger partial charge in [0.2, 0.25) is 0 Å². The van der Waals surface area contributed by atoms with Gasteiger partial charge >= 0.3 is 0 Å². The molecule has 2 aliphatic rings. The first-order valence-corrected chi connectivity index (χ1v) is 9.86. The summed E-state index contributed by atoms with van der Waals surface area (Å²) in [5.41, 5.74) is 0. The number of methoxy groups -OCH3 is 2. The molecule has 0 amide bonds. The van der Waals surface area contributed by atoms with E-state index in [1.807, 2.05) is 48.5 Å². The topological polar surface area (TPSA) is 70.2 Å². The molecule has 7 heteroatoms. The van der Waals surface area contributed by atoms with E-state index in [0.29, 0.717) is 23.0 Å². The van der Waals surface area contributed by atoms with Gasteiger partial charge in [-0.05, 0) is 24.3 Å². The van der Waals surface area contributed by atoms with E-state index < -0.39 is 0 Å². The Hall–Kier alpha value is -2.32. The average molecular weight is 405 g/mol. The van der Waals surface area contributed by atoms with Gasteiger partial charge in [-0.2, -0.15) is 0 Å². The second-order valence-corrected chi connectivity index (χ2v) is 6.13. The first-order valence-electron chi connectivity index (χ1n) is 9.86. The number of ether oxygens (including phenoxy) is 5. The third-order valence-corrected chi connectivity index (χ3v) is 4.05. The highest BCUT2D eigenvalue weighted by atomic mass is 16.5. The highest BCUT2D eigenvalue weighted by Gasteiger charge is 2.07. The van der Waals surface area contributed by atoms with Crippen LogP contribution in [0.5, 0.6) is 23.0 Å². The van der Waals surface area contributed by atoms with Crippen LogP contribution in [-0.4, -0.2) is 66.8 Å². The van der Waals surface area contributed by atoms with E-state index in [9.17, 15) is 0 Å². The molecule has 0 saturated carbocycles. The van der Waals surface area contributed by atoms with Crippen LogP contribution in [0.4, 0.5) is 0 Å². The van der Waals surface area contributed by atoms with Crippen molar-refractivity contribution in [3.05, 3.63) is 48.5 Å². The fourth-order valence-electron chi connectivity index (χ4n) is 2.56. The van der Waals surface area contributed by atoms with Crippen LogP contribution in [-0.2, 0) is 9.47 Å². The Morgan fingerprint density at radius 2 is 0.931 bits per heavy atom. The van der Waals surface area contributed by atoms with Crippen molar-refractivity contribution in [2.45, 2.75) is 0 Å². The number of nitrogens with one attached hydrogen (secondary N) is 2. The van der Waals surface area contributed by atoms with Crippen molar-refractivity contribution in [2.24, 2.45) is 0 Å². The zero-order valence-electron chi connectivity index (χ0n) is 17.3. The Labute approximate surface area is 173 Å². The largest absolute Gasteiger partial charge is 0.493 e. The quantitative estimate of drug-likeness (QED) is 0.812. The summed E-state index contributed by atoms with van der Waals surface area (Å²) in [6.45, 7) is 7.67. The molecule has 2 aromatic rings. The molecule has 0 spiro atoms. The first kappa shape index (κ1) is 23.0. The number of morpholine rings is 2. The molecule has 160 valence electrons. The molecule has 2 aliphatic heterocycles. The SMILES string of the molecule is C1COCCN1.C1COCCN1.COc1ccccc1Oc1ccccc1OC. The van der Waals surface area contributed by atoms with Crippen LogP contribution in [0, 0.1) is 0 Å². The minimum atomic E-state index is 0.666. The second-order valence-electron chi connectivity index (χ2n) is 6.13. The molecule has 2 aromatic carbocycles. The van der Waals surface area contributed by atoms with Gasteiger partial charge in [-0.25, -0.2) is 0 Å². The molecule has 2 fully saturated rings. The maximum absolute atomic E-state index is 5.77. The minimum absolute atomic E-state index is 0.666. The highest BCUT2D eigenvalue weighted by molar-refractivity contribution is 5.47. The van der Waals surface area contributed by atoms with Gasteiger partial charge < -0.3 is 34.3 Å². The normalized spacial score (nSPS) is 15.7. The molecule has 0 aromatic heterocycles. The van der Waals surface area contributed by atoms with E-state index in [-0.39, 0.29) is 0 Å². The molecule has 0 radical (unpaired) electrons. The third kappa shape index (κ3) is 9.15. The average Bonchev–Trinajstić information content (AvgIpc) is 2.83. The smallest absolute Gasteiger partial charge is 0.169 e. The number of hydrogen-bond donors (Lipinski definition) is 2. The van der Waals surface area contributed by atoms with Gasteiger partial charge in [0.25, 0.3) is 0 Å². The van der Waals surface area contributed by atoms with Crippen LogP contribution in [0.2, 0.25) is 0 Å². The lowest BCUT2D eigenvalue weighted by Crippen LogP contribution is -2.30. The standard InChI is InChI=1S/C14H14O3.2C4H9NO/c1-15-11-7-3-5-9-13(11)17-14-10-6-4-8-12(14)16-2;2*1-3-6-4-2-5-1/h3-10H,1-2H3;2*5H,1-4H2. The molecule has 0 bridgehead atoms. The summed E-state index contributed by atoms with van der Waals surface area (Å²) in [7, 11) is 3.23. The highest BCUT2D eigenvalue weighted by Crippen LogP contribution is 2.35. The van der Waals surface area contributed by atoms with Crippen LogP contribution in [0.15, 0.2) is 48.5 Å². The summed E-state index contributed by atoms with van der Waals surface area (Å²) in [5, 5.41) is 6.32. The van der Waals surface area contributed by atoms with Crippen LogP contribution in [0.25, 0.3) is 0 Å². The fourth-order valence-corrected chi connectivity index (χ4v) is 2.56. The summed E-state index contributed by atoms with van der Waals surface area (Å²) in [4.78, 5) is 0. The first-order chi connectivity index (χ1) is 14.3. The van der Waals surface area contributed by atoms with Gasteiger partial charge in [0.05, 0.1) is 40.6 Å². The van der Waals surface area contributed by atoms with E-state index >= 15 is 0 Å². The predicted octanol–water partition coefficient (Wildman–Crippen LogP) is 2.71. The zero-order chi connectivity index (χ0) is 20.6. The molecule has 2 heterocycles. The van der Waals surface area contributed by atoms with Gasteiger partial charge in [0, 0.05) is 26.2 Å². The molecule has 2 saturated heterocycles. The van der Waals surface area contributed by atoms with Crippen molar-refractivity contribution in [3.8, 4) is 23.0 Å². The molecular weight excluding hydrogens is 372 g/mol. The number of benzene rings is 2. The lowest BCUT2D eigenvalue weighted by Gasteiger charge is -2.12. The van der Waals surface area contributed by atoms with Crippen LogP contribution >= 0.6 is 0 Å². The maximum atomic E-state index is 5.77. The van der Waals surface area contributed by atoms with Crippen LogP contribution < -0.4 is 24.8 Å². The Morgan fingerprint density at radius 1 is 0.586 bits per heavy atom. The van der Waals surface area contributed by atoms with Gasteiger partial charge in [-0.3, -0.25) is 0 Å². The Balaban J connectivity index is 0.000000202. The lowest BCUT2D eigenvalue weighted by molar-refractivity contribution is 0.109. The van der Waals surface area contributed by atoms with Crippen molar-refractivity contribution >= 4 is 0 Å². The lowest BCUT2D eigenvalue weighted by atomic mass is 10.3. The summed E-state index contributed by atoms with van der Waals surface area (Å²) in [6, 6.07) is 15.0. The summed E-state index contributed by atoms with van der Waals surface area (Å²) in [6.07, 6.45) is 0. The van der Waals surface area contributed by atoms with E-state index in [1.165, 1.54) is 0 Å². The van der Waals surface area contributed by atoms with Crippen molar-refractivity contribution in [1.29, 1.82) is 0 Å². The number of hydrogen-bond acceptors (Lipinski definition) is 7. The molecule has 2 N–H and O–H groups in total. The van der Waals surface area contributed by atoms with Gasteiger partial charge in [-0.15, -0.1) is 0 Å². The molecule has 7 nitrogen and oxygen atoms in total. The Bertz CT molecular complexity index is 595. The van der Waals surface area contributed by atoms with Crippen molar-refractivity contribution in [2.75, 3.05) is 66.8 Å². The molecule has 29 heavy (non-hydrogen) atoms. The van der Waals surface area contributed by atoms with E-state index in [0.717, 1.165) is 52.6 Å². The van der Waals surface area contributed by atoms with E-state index in [1.54, 1.807) is 14.2 Å². The fraction of sp³-hybridized carbons (Fsp3) is 0.455. The van der Waals surface area contributed by atoms with E-state index in [4.69, 9.17) is 23.7 Å². The van der Waals surface area contributed by atoms with Crippen LogP contribution in [0.3, 0.4) is 0 Å². The van der Waals surface area contributed by atoms with Crippen molar-refractivity contribution in [3.63, 3.8) is 0 Å². The molecule has 0 unspecified atom stereocenters. The van der Waals surface area contributed by atoms with Crippen molar-refractivity contribution < 1.29 is 23.7 Å². The minimum Gasteiger partial charge on any atom is -0.493 e. The maximum Gasteiger partial charge on any atom is 0.169 e. The molecular formula is C22H32N2O5. The van der Waals surface area contributed by atoms with Gasteiger partial charge in [-0.1, -0.05) is 24.3 Å².